The number of ether oxygens (including phenoxy) is 1. The van der Waals surface area contributed by atoms with Crippen molar-refractivity contribution in [3.05, 3.63) is 0 Å². The quantitative estimate of drug-likeness (QED) is 0.694. The lowest BCUT2D eigenvalue weighted by Gasteiger charge is -2.30. The summed E-state index contributed by atoms with van der Waals surface area (Å²) in [6.45, 7) is 0.490. The first kappa shape index (κ1) is 10.3. The molecular weight excluding hydrogens is 216 g/mol. The van der Waals surface area contributed by atoms with Crippen LogP contribution in [-0.4, -0.2) is 24.2 Å². The molecule has 3 rings (SSSR count). The van der Waals surface area contributed by atoms with E-state index in [0.717, 1.165) is 6.42 Å². The molecule has 0 aromatic carbocycles. The van der Waals surface area contributed by atoms with Gasteiger partial charge >= 0.3 is 6.09 Å². The monoisotopic (exact) mass is 231 g/mol. The van der Waals surface area contributed by atoms with Gasteiger partial charge in [-0.1, -0.05) is 0 Å². The summed E-state index contributed by atoms with van der Waals surface area (Å²) in [5.74, 6) is -2.17. The van der Waals surface area contributed by atoms with Crippen LogP contribution in [0.4, 0.5) is 13.6 Å². The number of carbonyl (C=O) groups excluding carboxylic acids is 1. The van der Waals surface area contributed by atoms with Crippen molar-refractivity contribution in [2.24, 2.45) is 11.8 Å². The SMILES string of the molecule is O=C1NCC2(C[C@@H]3CCC(F)(F)C[C@H]3C2)O1. The summed E-state index contributed by atoms with van der Waals surface area (Å²) >= 11 is 0. The van der Waals surface area contributed by atoms with E-state index < -0.39 is 17.6 Å². The molecule has 1 amide bonds. The summed E-state index contributed by atoms with van der Waals surface area (Å²) in [5.41, 5.74) is -0.479. The zero-order valence-electron chi connectivity index (χ0n) is 8.97. The molecule has 5 heteroatoms. The van der Waals surface area contributed by atoms with Gasteiger partial charge in [0.05, 0.1) is 6.54 Å². The van der Waals surface area contributed by atoms with Crippen molar-refractivity contribution in [2.45, 2.75) is 43.6 Å². The number of carbonyl (C=O) groups is 1. The minimum absolute atomic E-state index is 0.00831. The standard InChI is InChI=1S/C11H15F2NO2/c12-11(13)2-1-7-3-10(4-8(7)5-11)6-14-9(15)16-10/h7-8H,1-6H2,(H,14,15)/t7-,8+,10?/m0/s1. The van der Waals surface area contributed by atoms with E-state index in [4.69, 9.17) is 4.74 Å². The van der Waals surface area contributed by atoms with Gasteiger partial charge in [-0.25, -0.2) is 13.6 Å². The molecule has 3 atom stereocenters. The largest absolute Gasteiger partial charge is 0.441 e. The molecule has 1 spiro atoms. The number of hydrogen-bond acceptors (Lipinski definition) is 2. The minimum atomic E-state index is -2.51. The smallest absolute Gasteiger partial charge is 0.407 e. The third-order valence-electron chi connectivity index (χ3n) is 4.24. The lowest BCUT2D eigenvalue weighted by Crippen LogP contribution is -2.30. The van der Waals surface area contributed by atoms with Gasteiger partial charge in [0.1, 0.15) is 5.60 Å². The van der Waals surface area contributed by atoms with E-state index in [1.165, 1.54) is 0 Å². The molecule has 1 unspecified atom stereocenters. The Hall–Kier alpha value is -0.870. The number of amides is 1. The van der Waals surface area contributed by atoms with Gasteiger partial charge in [-0.15, -0.1) is 0 Å². The minimum Gasteiger partial charge on any atom is -0.441 e. The summed E-state index contributed by atoms with van der Waals surface area (Å²) in [7, 11) is 0. The first-order chi connectivity index (χ1) is 7.48. The van der Waals surface area contributed by atoms with Crippen molar-refractivity contribution < 1.29 is 18.3 Å². The van der Waals surface area contributed by atoms with Gasteiger partial charge in [-0.2, -0.15) is 0 Å². The highest BCUT2D eigenvalue weighted by atomic mass is 19.3. The number of nitrogens with one attached hydrogen (secondary N) is 1. The van der Waals surface area contributed by atoms with E-state index in [2.05, 4.69) is 5.32 Å². The molecular formula is C11H15F2NO2. The van der Waals surface area contributed by atoms with Crippen LogP contribution in [0.5, 0.6) is 0 Å². The molecule has 3 fully saturated rings. The topological polar surface area (TPSA) is 38.3 Å². The van der Waals surface area contributed by atoms with Gasteiger partial charge in [-0.3, -0.25) is 0 Å². The third kappa shape index (κ3) is 1.57. The second-order valence-electron chi connectivity index (χ2n) is 5.45. The molecule has 0 radical (unpaired) electrons. The number of hydrogen-bond donors (Lipinski definition) is 1. The first-order valence-electron chi connectivity index (χ1n) is 5.83. The number of fused-ring (bicyclic) bond motifs is 1. The Bertz CT molecular complexity index is 334. The Morgan fingerprint density at radius 2 is 2.00 bits per heavy atom. The highest BCUT2D eigenvalue weighted by molar-refractivity contribution is 5.70. The van der Waals surface area contributed by atoms with Gasteiger partial charge in [-0.05, 0) is 31.1 Å². The van der Waals surface area contributed by atoms with Crippen LogP contribution in [0.15, 0.2) is 0 Å². The van der Waals surface area contributed by atoms with Gasteiger partial charge in [0.25, 0.3) is 0 Å². The predicted octanol–water partition coefficient (Wildman–Crippen LogP) is 2.31. The fraction of sp³-hybridized carbons (Fsp3) is 0.909. The van der Waals surface area contributed by atoms with Gasteiger partial charge < -0.3 is 10.1 Å². The number of alkyl halides is 2. The van der Waals surface area contributed by atoms with E-state index in [9.17, 15) is 13.6 Å². The molecule has 3 nitrogen and oxygen atoms in total. The van der Waals surface area contributed by atoms with Crippen LogP contribution < -0.4 is 5.32 Å². The van der Waals surface area contributed by atoms with Crippen molar-refractivity contribution in [3.8, 4) is 0 Å². The first-order valence-corrected chi connectivity index (χ1v) is 5.83. The maximum atomic E-state index is 13.3. The van der Waals surface area contributed by atoms with Crippen LogP contribution in [0.3, 0.4) is 0 Å². The van der Waals surface area contributed by atoms with Crippen LogP contribution >= 0.6 is 0 Å². The van der Waals surface area contributed by atoms with Crippen molar-refractivity contribution in [1.82, 2.24) is 5.32 Å². The van der Waals surface area contributed by atoms with Crippen LogP contribution in [0, 0.1) is 11.8 Å². The molecule has 1 heterocycles. The van der Waals surface area contributed by atoms with Crippen molar-refractivity contribution in [3.63, 3.8) is 0 Å². The third-order valence-corrected chi connectivity index (χ3v) is 4.24. The molecule has 3 aliphatic rings. The maximum absolute atomic E-state index is 13.3. The highest BCUT2D eigenvalue weighted by Gasteiger charge is 2.55. The Labute approximate surface area is 92.5 Å². The predicted molar refractivity (Wildman–Crippen MR) is 52.2 cm³/mol. The van der Waals surface area contributed by atoms with E-state index in [-0.39, 0.29) is 18.8 Å². The van der Waals surface area contributed by atoms with Crippen LogP contribution in [-0.2, 0) is 4.74 Å². The van der Waals surface area contributed by atoms with E-state index in [1.54, 1.807) is 0 Å². The van der Waals surface area contributed by atoms with Gasteiger partial charge in [0, 0.05) is 12.8 Å². The van der Waals surface area contributed by atoms with E-state index in [1.807, 2.05) is 0 Å². The molecule has 2 aliphatic carbocycles. The molecule has 0 aromatic rings. The van der Waals surface area contributed by atoms with Crippen LogP contribution in [0.2, 0.25) is 0 Å². The van der Waals surface area contributed by atoms with Crippen molar-refractivity contribution in [2.75, 3.05) is 6.54 Å². The van der Waals surface area contributed by atoms with E-state index >= 15 is 0 Å². The normalized spacial score (nSPS) is 45.2. The van der Waals surface area contributed by atoms with Crippen LogP contribution in [0.1, 0.15) is 32.1 Å². The lowest BCUT2D eigenvalue weighted by molar-refractivity contribution is -0.0636. The van der Waals surface area contributed by atoms with Crippen molar-refractivity contribution in [1.29, 1.82) is 0 Å². The zero-order valence-corrected chi connectivity index (χ0v) is 8.97. The average molecular weight is 231 g/mol. The Kier molecular flexibility index (Phi) is 1.98. The molecule has 90 valence electrons. The Morgan fingerprint density at radius 1 is 1.25 bits per heavy atom. The molecule has 1 saturated heterocycles. The fourth-order valence-corrected chi connectivity index (χ4v) is 3.56. The van der Waals surface area contributed by atoms with Crippen LogP contribution in [0.25, 0.3) is 0 Å². The molecule has 2 saturated carbocycles. The average Bonchev–Trinajstić information content (AvgIpc) is 2.68. The molecule has 1 N–H and O–H groups in total. The van der Waals surface area contributed by atoms with Gasteiger partial charge in [0.15, 0.2) is 0 Å². The molecule has 0 aromatic heterocycles. The Balaban J connectivity index is 1.75. The summed E-state index contributed by atoms with van der Waals surface area (Å²) < 4.78 is 31.8. The molecule has 1 aliphatic heterocycles. The zero-order chi connectivity index (χ0) is 11.4. The van der Waals surface area contributed by atoms with Crippen molar-refractivity contribution >= 4 is 6.09 Å². The second kappa shape index (κ2) is 3.08. The summed E-state index contributed by atoms with van der Waals surface area (Å²) in [6.07, 6.45) is 1.49. The summed E-state index contributed by atoms with van der Waals surface area (Å²) in [4.78, 5) is 11.1. The fourth-order valence-electron chi connectivity index (χ4n) is 3.56. The number of rotatable bonds is 0. The molecule has 16 heavy (non-hydrogen) atoms. The highest BCUT2D eigenvalue weighted by Crippen LogP contribution is 2.53. The Morgan fingerprint density at radius 3 is 2.69 bits per heavy atom. The van der Waals surface area contributed by atoms with E-state index in [0.29, 0.717) is 25.3 Å². The molecule has 0 bridgehead atoms. The lowest BCUT2D eigenvalue weighted by atomic mass is 9.80. The number of halogens is 2. The summed E-state index contributed by atoms with van der Waals surface area (Å²) in [5, 5.41) is 2.63. The maximum Gasteiger partial charge on any atom is 0.407 e. The summed E-state index contributed by atoms with van der Waals surface area (Å²) in [6, 6.07) is 0. The van der Waals surface area contributed by atoms with Gasteiger partial charge in [0.2, 0.25) is 5.92 Å². The number of alkyl carbamates (subject to hydrolysis) is 1. The second-order valence-corrected chi connectivity index (χ2v) is 5.45.